The second-order valence-electron chi connectivity index (χ2n) is 4.16. The van der Waals surface area contributed by atoms with Crippen molar-refractivity contribution in [2.45, 2.75) is 13.0 Å². The summed E-state index contributed by atoms with van der Waals surface area (Å²) in [5, 5.41) is 11.5. The standard InChI is InChI=1S/C14H15N3OS/c1-17(14-16-12(7-8-15)10-19-14)9-11-3-5-13(18-2)6-4-11/h3-6,10H,7,9H2,1-2H3. The van der Waals surface area contributed by atoms with Crippen LogP contribution in [0, 0.1) is 11.3 Å². The Hall–Kier alpha value is -2.06. The Labute approximate surface area is 116 Å². The number of nitrogens with zero attached hydrogens (tertiary/aromatic N) is 3. The van der Waals surface area contributed by atoms with Gasteiger partial charge in [-0.15, -0.1) is 11.3 Å². The first-order chi connectivity index (χ1) is 9.22. The molecule has 0 aliphatic carbocycles. The highest BCUT2D eigenvalue weighted by atomic mass is 32.1. The number of hydrogen-bond donors (Lipinski definition) is 0. The third-order valence-electron chi connectivity index (χ3n) is 2.71. The van der Waals surface area contributed by atoms with E-state index in [4.69, 9.17) is 10.00 Å². The molecule has 0 bridgehead atoms. The summed E-state index contributed by atoms with van der Waals surface area (Å²) in [5.41, 5.74) is 2.03. The fourth-order valence-corrected chi connectivity index (χ4v) is 2.50. The smallest absolute Gasteiger partial charge is 0.185 e. The van der Waals surface area contributed by atoms with E-state index in [2.05, 4.69) is 16.0 Å². The Kier molecular flexibility index (Phi) is 4.37. The first-order valence-electron chi connectivity index (χ1n) is 5.88. The second kappa shape index (κ2) is 6.21. The van der Waals surface area contributed by atoms with Crippen LogP contribution in [-0.4, -0.2) is 19.1 Å². The molecule has 4 nitrogen and oxygen atoms in total. The Morgan fingerprint density at radius 2 is 2.11 bits per heavy atom. The van der Waals surface area contributed by atoms with Crippen molar-refractivity contribution in [2.24, 2.45) is 0 Å². The molecule has 0 N–H and O–H groups in total. The van der Waals surface area contributed by atoms with Crippen molar-refractivity contribution in [1.82, 2.24) is 4.98 Å². The molecule has 5 heteroatoms. The maximum atomic E-state index is 8.64. The molecule has 19 heavy (non-hydrogen) atoms. The minimum atomic E-state index is 0.368. The normalized spacial score (nSPS) is 9.95. The average molecular weight is 273 g/mol. The van der Waals surface area contributed by atoms with Crippen molar-refractivity contribution in [1.29, 1.82) is 5.26 Å². The van der Waals surface area contributed by atoms with E-state index in [-0.39, 0.29) is 0 Å². The molecule has 2 rings (SSSR count). The topological polar surface area (TPSA) is 49.1 Å². The zero-order valence-corrected chi connectivity index (χ0v) is 11.8. The maximum absolute atomic E-state index is 8.64. The lowest BCUT2D eigenvalue weighted by atomic mass is 10.2. The van der Waals surface area contributed by atoms with Gasteiger partial charge in [0.05, 0.1) is 25.3 Å². The van der Waals surface area contributed by atoms with Crippen LogP contribution in [0.25, 0.3) is 0 Å². The quantitative estimate of drug-likeness (QED) is 0.840. The number of rotatable bonds is 5. The van der Waals surface area contributed by atoms with Gasteiger partial charge in [0.2, 0.25) is 0 Å². The molecule has 0 unspecified atom stereocenters. The zero-order valence-electron chi connectivity index (χ0n) is 11.0. The predicted molar refractivity (Wildman–Crippen MR) is 76.5 cm³/mol. The summed E-state index contributed by atoms with van der Waals surface area (Å²) in [6.07, 6.45) is 0.368. The minimum Gasteiger partial charge on any atom is -0.497 e. The highest BCUT2D eigenvalue weighted by Gasteiger charge is 2.07. The maximum Gasteiger partial charge on any atom is 0.185 e. The fraction of sp³-hybridized carbons (Fsp3) is 0.286. The molecule has 1 heterocycles. The molecule has 0 atom stereocenters. The van der Waals surface area contributed by atoms with Gasteiger partial charge < -0.3 is 9.64 Å². The second-order valence-corrected chi connectivity index (χ2v) is 5.00. The number of hydrogen-bond acceptors (Lipinski definition) is 5. The molecule has 0 saturated carbocycles. The number of benzene rings is 1. The van der Waals surface area contributed by atoms with Crippen LogP contribution in [0.4, 0.5) is 5.13 Å². The molecular weight excluding hydrogens is 258 g/mol. The molecule has 0 radical (unpaired) electrons. The highest BCUT2D eigenvalue weighted by molar-refractivity contribution is 7.13. The van der Waals surface area contributed by atoms with E-state index in [0.29, 0.717) is 6.42 Å². The van der Waals surface area contributed by atoms with Crippen molar-refractivity contribution in [3.63, 3.8) is 0 Å². The van der Waals surface area contributed by atoms with E-state index < -0.39 is 0 Å². The number of methoxy groups -OCH3 is 1. The van der Waals surface area contributed by atoms with Crippen LogP contribution in [0.1, 0.15) is 11.3 Å². The molecule has 0 saturated heterocycles. The Morgan fingerprint density at radius 3 is 2.74 bits per heavy atom. The monoisotopic (exact) mass is 273 g/mol. The molecule has 98 valence electrons. The van der Waals surface area contributed by atoms with Gasteiger partial charge in [0.15, 0.2) is 5.13 Å². The molecular formula is C14H15N3OS. The highest BCUT2D eigenvalue weighted by Crippen LogP contribution is 2.22. The lowest BCUT2D eigenvalue weighted by Gasteiger charge is -2.15. The van der Waals surface area contributed by atoms with Gasteiger partial charge in [-0.25, -0.2) is 4.98 Å². The molecule has 1 aromatic carbocycles. The number of aromatic nitrogens is 1. The van der Waals surface area contributed by atoms with Crippen LogP contribution in [0.15, 0.2) is 29.6 Å². The van der Waals surface area contributed by atoms with Crippen molar-refractivity contribution >= 4 is 16.5 Å². The van der Waals surface area contributed by atoms with Crippen LogP contribution < -0.4 is 9.64 Å². The molecule has 0 amide bonds. The zero-order chi connectivity index (χ0) is 13.7. The summed E-state index contributed by atoms with van der Waals surface area (Å²) in [6.45, 7) is 0.781. The summed E-state index contributed by atoms with van der Waals surface area (Å²) in [7, 11) is 3.66. The summed E-state index contributed by atoms with van der Waals surface area (Å²) in [6, 6.07) is 10.1. The molecule has 0 aliphatic rings. The number of anilines is 1. The van der Waals surface area contributed by atoms with E-state index in [9.17, 15) is 0 Å². The summed E-state index contributed by atoms with van der Waals surface area (Å²) in [5.74, 6) is 0.858. The van der Waals surface area contributed by atoms with E-state index in [0.717, 1.165) is 23.1 Å². The third-order valence-corrected chi connectivity index (χ3v) is 3.71. The molecule has 0 aliphatic heterocycles. The van der Waals surface area contributed by atoms with Crippen LogP contribution in [0.2, 0.25) is 0 Å². The van der Waals surface area contributed by atoms with Gasteiger partial charge in [-0.1, -0.05) is 12.1 Å². The van der Waals surface area contributed by atoms with Crippen molar-refractivity contribution in [3.8, 4) is 11.8 Å². The lowest BCUT2D eigenvalue weighted by Crippen LogP contribution is -2.16. The van der Waals surface area contributed by atoms with Crippen LogP contribution >= 0.6 is 11.3 Å². The van der Waals surface area contributed by atoms with Gasteiger partial charge in [0.1, 0.15) is 5.75 Å². The number of thiazole rings is 1. The Balaban J connectivity index is 2.02. The van der Waals surface area contributed by atoms with Crippen LogP contribution in [-0.2, 0) is 13.0 Å². The van der Waals surface area contributed by atoms with Crippen LogP contribution in [0.3, 0.4) is 0 Å². The molecule has 0 fully saturated rings. The molecule has 0 spiro atoms. The Bertz CT molecular complexity index is 571. The van der Waals surface area contributed by atoms with E-state index in [1.165, 1.54) is 5.56 Å². The van der Waals surface area contributed by atoms with Gasteiger partial charge in [-0.3, -0.25) is 0 Å². The fourth-order valence-electron chi connectivity index (χ4n) is 1.71. The van der Waals surface area contributed by atoms with E-state index in [1.807, 2.05) is 36.7 Å². The van der Waals surface area contributed by atoms with Crippen molar-refractivity contribution in [3.05, 3.63) is 40.9 Å². The van der Waals surface area contributed by atoms with E-state index in [1.54, 1.807) is 18.4 Å². The van der Waals surface area contributed by atoms with Gasteiger partial charge in [-0.05, 0) is 17.7 Å². The van der Waals surface area contributed by atoms with Gasteiger partial charge >= 0.3 is 0 Å². The lowest BCUT2D eigenvalue weighted by molar-refractivity contribution is 0.414. The summed E-state index contributed by atoms with van der Waals surface area (Å²) in [4.78, 5) is 6.50. The van der Waals surface area contributed by atoms with E-state index >= 15 is 0 Å². The Morgan fingerprint density at radius 1 is 1.37 bits per heavy atom. The van der Waals surface area contributed by atoms with Gasteiger partial charge in [0.25, 0.3) is 0 Å². The van der Waals surface area contributed by atoms with Crippen LogP contribution in [0.5, 0.6) is 5.75 Å². The average Bonchev–Trinajstić information content (AvgIpc) is 2.89. The number of nitriles is 1. The summed E-state index contributed by atoms with van der Waals surface area (Å²) < 4.78 is 5.13. The minimum absolute atomic E-state index is 0.368. The summed E-state index contributed by atoms with van der Waals surface area (Å²) >= 11 is 1.56. The third kappa shape index (κ3) is 3.46. The largest absolute Gasteiger partial charge is 0.497 e. The van der Waals surface area contributed by atoms with Gasteiger partial charge in [-0.2, -0.15) is 5.26 Å². The first kappa shape index (κ1) is 13.4. The first-order valence-corrected chi connectivity index (χ1v) is 6.76. The van der Waals surface area contributed by atoms with Crippen molar-refractivity contribution < 1.29 is 4.74 Å². The van der Waals surface area contributed by atoms with Crippen molar-refractivity contribution in [2.75, 3.05) is 19.1 Å². The van der Waals surface area contributed by atoms with Gasteiger partial charge in [0, 0.05) is 19.0 Å². The number of ether oxygens (including phenoxy) is 1. The SMILES string of the molecule is COc1ccc(CN(C)c2nc(CC#N)cs2)cc1. The molecule has 2 aromatic rings. The predicted octanol–water partition coefficient (Wildman–Crippen LogP) is 2.85. The molecule has 1 aromatic heterocycles.